The van der Waals surface area contributed by atoms with E-state index in [1.54, 1.807) is 6.33 Å². The lowest BCUT2D eigenvalue weighted by molar-refractivity contribution is 0.0510. The molecule has 0 aliphatic heterocycles. The Morgan fingerprint density at radius 1 is 1.25 bits per heavy atom. The van der Waals surface area contributed by atoms with Crippen LogP contribution in [0.25, 0.3) is 0 Å². The Hall–Kier alpha value is -0.940. The Morgan fingerprint density at radius 2 is 1.85 bits per heavy atom. The van der Waals surface area contributed by atoms with Crippen LogP contribution in [0.15, 0.2) is 6.33 Å². The number of nitrogens with one attached hydrogen (secondary N) is 1. The maximum atomic E-state index is 4.39. The van der Waals surface area contributed by atoms with Crippen LogP contribution in [-0.2, 0) is 13.5 Å². The molecule has 0 saturated carbocycles. The lowest BCUT2D eigenvalue weighted by Crippen LogP contribution is -2.61. The summed E-state index contributed by atoms with van der Waals surface area (Å²) in [5, 5.41) is 7.72. The van der Waals surface area contributed by atoms with Crippen LogP contribution in [0.5, 0.6) is 0 Å². The summed E-state index contributed by atoms with van der Waals surface area (Å²) in [4.78, 5) is 6.98. The second-order valence-corrected chi connectivity index (χ2v) is 5.33. The van der Waals surface area contributed by atoms with Gasteiger partial charge in [0.2, 0.25) is 0 Å². The molecule has 1 unspecified atom stereocenters. The fourth-order valence-corrected chi connectivity index (χ4v) is 3.51. The lowest BCUT2D eigenvalue weighted by atomic mass is 9.80. The van der Waals surface area contributed by atoms with E-state index in [0.29, 0.717) is 6.04 Å². The SMILES string of the molecule is CCN(CC)C(CC)(CC)C(Cc1ncnn1C)NC. The van der Waals surface area contributed by atoms with Gasteiger partial charge < -0.3 is 5.32 Å². The van der Waals surface area contributed by atoms with E-state index in [0.717, 1.165) is 38.2 Å². The summed E-state index contributed by atoms with van der Waals surface area (Å²) in [7, 11) is 4.02. The molecule has 0 amide bonds. The van der Waals surface area contributed by atoms with Crippen LogP contribution >= 0.6 is 0 Å². The molecule has 0 aliphatic carbocycles. The van der Waals surface area contributed by atoms with Crippen LogP contribution in [0.2, 0.25) is 0 Å². The van der Waals surface area contributed by atoms with Crippen molar-refractivity contribution in [3.8, 4) is 0 Å². The third kappa shape index (κ3) is 3.20. The smallest absolute Gasteiger partial charge is 0.138 e. The highest BCUT2D eigenvalue weighted by molar-refractivity contribution is 5.03. The maximum Gasteiger partial charge on any atom is 0.138 e. The van der Waals surface area contributed by atoms with Crippen molar-refractivity contribution in [1.82, 2.24) is 25.0 Å². The average Bonchev–Trinajstić information content (AvgIpc) is 2.88. The number of rotatable bonds is 9. The van der Waals surface area contributed by atoms with Crippen LogP contribution in [0.3, 0.4) is 0 Å². The lowest BCUT2D eigenvalue weighted by Gasteiger charge is -2.48. The van der Waals surface area contributed by atoms with Crippen LogP contribution in [0.1, 0.15) is 46.4 Å². The summed E-state index contributed by atoms with van der Waals surface area (Å²) >= 11 is 0. The van der Waals surface area contributed by atoms with Gasteiger partial charge in [-0.3, -0.25) is 9.58 Å². The number of hydrogen-bond donors (Lipinski definition) is 1. The molecular formula is C15H31N5. The minimum absolute atomic E-state index is 0.171. The van der Waals surface area contributed by atoms with E-state index in [2.05, 4.69) is 55.0 Å². The molecule has 20 heavy (non-hydrogen) atoms. The predicted octanol–water partition coefficient (Wildman–Crippen LogP) is 1.85. The molecule has 0 saturated heterocycles. The van der Waals surface area contributed by atoms with Gasteiger partial charge in [-0.1, -0.05) is 27.7 Å². The first-order valence-electron chi connectivity index (χ1n) is 7.84. The minimum Gasteiger partial charge on any atom is -0.315 e. The highest BCUT2D eigenvalue weighted by Crippen LogP contribution is 2.29. The van der Waals surface area contributed by atoms with E-state index in [1.807, 2.05) is 11.7 Å². The van der Waals surface area contributed by atoms with Gasteiger partial charge in [-0.15, -0.1) is 0 Å². The molecule has 0 fully saturated rings. The second kappa shape index (κ2) is 7.74. The van der Waals surface area contributed by atoms with Gasteiger partial charge >= 0.3 is 0 Å². The van der Waals surface area contributed by atoms with Crippen molar-refractivity contribution >= 4 is 0 Å². The summed E-state index contributed by atoms with van der Waals surface area (Å²) in [5.41, 5.74) is 0.171. The maximum absolute atomic E-state index is 4.39. The molecule has 116 valence electrons. The van der Waals surface area contributed by atoms with E-state index >= 15 is 0 Å². The fourth-order valence-electron chi connectivity index (χ4n) is 3.51. The molecule has 5 heteroatoms. The van der Waals surface area contributed by atoms with E-state index in [-0.39, 0.29) is 5.54 Å². The average molecular weight is 281 g/mol. The van der Waals surface area contributed by atoms with E-state index in [4.69, 9.17) is 0 Å². The first kappa shape index (κ1) is 17.1. The summed E-state index contributed by atoms with van der Waals surface area (Å²) in [5.74, 6) is 1.04. The van der Waals surface area contributed by atoms with Crippen molar-refractivity contribution in [1.29, 1.82) is 0 Å². The van der Waals surface area contributed by atoms with E-state index < -0.39 is 0 Å². The Balaban J connectivity index is 3.05. The Kier molecular flexibility index (Phi) is 6.62. The Bertz CT molecular complexity index is 379. The van der Waals surface area contributed by atoms with E-state index in [9.17, 15) is 0 Å². The predicted molar refractivity (Wildman–Crippen MR) is 83.8 cm³/mol. The van der Waals surface area contributed by atoms with Gasteiger partial charge in [0.05, 0.1) is 0 Å². The van der Waals surface area contributed by atoms with Crippen molar-refractivity contribution in [2.45, 2.75) is 58.5 Å². The molecule has 1 heterocycles. The summed E-state index contributed by atoms with van der Waals surface area (Å²) in [6.07, 6.45) is 4.81. The molecular weight excluding hydrogens is 250 g/mol. The van der Waals surface area contributed by atoms with Gasteiger partial charge in [-0.25, -0.2) is 4.98 Å². The first-order valence-corrected chi connectivity index (χ1v) is 7.84. The largest absolute Gasteiger partial charge is 0.315 e. The molecule has 0 bridgehead atoms. The minimum atomic E-state index is 0.171. The second-order valence-electron chi connectivity index (χ2n) is 5.33. The molecule has 1 N–H and O–H groups in total. The van der Waals surface area contributed by atoms with Crippen LogP contribution in [0, 0.1) is 0 Å². The third-order valence-corrected chi connectivity index (χ3v) is 4.81. The van der Waals surface area contributed by atoms with Gasteiger partial charge in [0, 0.05) is 25.0 Å². The monoisotopic (exact) mass is 281 g/mol. The highest BCUT2D eigenvalue weighted by atomic mass is 15.3. The summed E-state index contributed by atoms with van der Waals surface area (Å²) < 4.78 is 1.88. The van der Waals surface area contributed by atoms with Crippen molar-refractivity contribution in [2.75, 3.05) is 20.1 Å². The Morgan fingerprint density at radius 3 is 2.20 bits per heavy atom. The first-order chi connectivity index (χ1) is 9.59. The topological polar surface area (TPSA) is 46.0 Å². The van der Waals surface area contributed by atoms with Gasteiger partial charge in [0.25, 0.3) is 0 Å². The zero-order valence-electron chi connectivity index (χ0n) is 14.0. The Labute approximate surface area is 123 Å². The molecule has 5 nitrogen and oxygen atoms in total. The number of hydrogen-bond acceptors (Lipinski definition) is 4. The molecule has 0 spiro atoms. The molecule has 1 aromatic heterocycles. The number of nitrogens with zero attached hydrogens (tertiary/aromatic N) is 4. The number of aromatic nitrogens is 3. The third-order valence-electron chi connectivity index (χ3n) is 4.81. The quantitative estimate of drug-likeness (QED) is 0.750. The zero-order valence-corrected chi connectivity index (χ0v) is 14.0. The van der Waals surface area contributed by atoms with Crippen LogP contribution in [-0.4, -0.2) is 51.4 Å². The molecule has 1 rings (SSSR count). The van der Waals surface area contributed by atoms with Gasteiger partial charge in [-0.2, -0.15) is 5.10 Å². The van der Waals surface area contributed by atoms with Gasteiger partial charge in [0.1, 0.15) is 12.2 Å². The van der Waals surface area contributed by atoms with Crippen molar-refractivity contribution in [3.05, 3.63) is 12.2 Å². The number of likely N-dealkylation sites (N-methyl/N-ethyl adjacent to an activating group) is 2. The molecule has 1 atom stereocenters. The normalized spacial score (nSPS) is 13.9. The zero-order chi connectivity index (χ0) is 15.2. The summed E-state index contributed by atoms with van der Waals surface area (Å²) in [6, 6.07) is 0.375. The fraction of sp³-hybridized carbons (Fsp3) is 0.867. The highest BCUT2D eigenvalue weighted by Gasteiger charge is 2.39. The van der Waals surface area contributed by atoms with Crippen LogP contribution in [0.4, 0.5) is 0 Å². The van der Waals surface area contributed by atoms with Crippen LogP contribution < -0.4 is 5.32 Å². The number of aryl methyl sites for hydroxylation is 1. The summed E-state index contributed by atoms with van der Waals surface area (Å²) in [6.45, 7) is 11.2. The molecule has 0 aromatic carbocycles. The van der Waals surface area contributed by atoms with Crippen molar-refractivity contribution < 1.29 is 0 Å². The molecule has 0 radical (unpaired) electrons. The van der Waals surface area contributed by atoms with Crippen molar-refractivity contribution in [3.63, 3.8) is 0 Å². The molecule has 1 aromatic rings. The van der Waals surface area contributed by atoms with Crippen molar-refractivity contribution in [2.24, 2.45) is 7.05 Å². The van der Waals surface area contributed by atoms with Gasteiger partial charge in [-0.05, 0) is 33.0 Å². The molecule has 0 aliphatic rings. The van der Waals surface area contributed by atoms with Gasteiger partial charge in [0.15, 0.2) is 0 Å². The standard InChI is InChI=1S/C15H31N5/c1-7-15(8-2,20(9-3)10-4)13(16-5)11-14-17-12-18-19(14)6/h12-13,16H,7-11H2,1-6H3. The van der Waals surface area contributed by atoms with E-state index in [1.165, 1.54) is 0 Å².